The first-order chi connectivity index (χ1) is 7.72. The summed E-state index contributed by atoms with van der Waals surface area (Å²) < 4.78 is 5.25. The maximum Gasteiger partial charge on any atom is 0.257 e. The van der Waals surface area contributed by atoms with Crippen molar-refractivity contribution in [2.45, 2.75) is 6.42 Å². The summed E-state index contributed by atoms with van der Waals surface area (Å²) in [5, 5.41) is 3.33. The predicted octanol–water partition coefficient (Wildman–Crippen LogP) is 1.18. The van der Waals surface area contributed by atoms with E-state index < -0.39 is 0 Å². The Kier molecular flexibility index (Phi) is 5.67. The van der Waals surface area contributed by atoms with Gasteiger partial charge in [0.1, 0.15) is 5.75 Å². The van der Waals surface area contributed by atoms with Crippen molar-refractivity contribution >= 4 is 17.5 Å². The van der Waals surface area contributed by atoms with E-state index in [9.17, 15) is 4.79 Å². The van der Waals surface area contributed by atoms with Crippen LogP contribution in [-0.2, 0) is 4.79 Å². The summed E-state index contributed by atoms with van der Waals surface area (Å²) in [7, 11) is 0. The molecule has 0 heterocycles. The lowest BCUT2D eigenvalue weighted by molar-refractivity contribution is -0.123. The number of carbonyl (C=O) groups excluding carboxylic acids is 1. The molecule has 0 spiro atoms. The average molecular weight is 243 g/mol. The molecule has 0 fully saturated rings. The highest BCUT2D eigenvalue weighted by atomic mass is 35.5. The van der Waals surface area contributed by atoms with Gasteiger partial charge < -0.3 is 15.8 Å². The van der Waals surface area contributed by atoms with Crippen LogP contribution in [-0.4, -0.2) is 25.6 Å². The van der Waals surface area contributed by atoms with E-state index in [4.69, 9.17) is 22.1 Å². The topological polar surface area (TPSA) is 64.3 Å². The molecule has 1 amide bonds. The van der Waals surface area contributed by atoms with Crippen LogP contribution in [0.3, 0.4) is 0 Å². The maximum absolute atomic E-state index is 11.3. The minimum atomic E-state index is -0.150. The molecule has 0 radical (unpaired) electrons. The fraction of sp³-hybridized carbons (Fsp3) is 0.364. The monoisotopic (exact) mass is 242 g/mol. The SMILES string of the molecule is NCCCNC(=O)COc1ccc(Cl)cc1. The number of nitrogens with two attached hydrogens (primary N) is 1. The zero-order chi connectivity index (χ0) is 11.8. The van der Waals surface area contributed by atoms with Crippen LogP contribution >= 0.6 is 11.6 Å². The van der Waals surface area contributed by atoms with E-state index in [1.807, 2.05) is 0 Å². The molecule has 1 aromatic carbocycles. The maximum atomic E-state index is 11.3. The summed E-state index contributed by atoms with van der Waals surface area (Å²) in [4.78, 5) is 11.3. The molecule has 3 N–H and O–H groups in total. The smallest absolute Gasteiger partial charge is 0.257 e. The van der Waals surface area contributed by atoms with Gasteiger partial charge in [0.25, 0.3) is 5.91 Å². The van der Waals surface area contributed by atoms with E-state index in [-0.39, 0.29) is 12.5 Å². The summed E-state index contributed by atoms with van der Waals surface area (Å²) >= 11 is 5.71. The number of nitrogens with one attached hydrogen (secondary N) is 1. The Balaban J connectivity index is 2.23. The van der Waals surface area contributed by atoms with Crippen molar-refractivity contribution in [2.24, 2.45) is 5.73 Å². The average Bonchev–Trinajstić information content (AvgIpc) is 2.29. The fourth-order valence-electron chi connectivity index (χ4n) is 1.06. The molecule has 1 aromatic rings. The number of hydrogen-bond donors (Lipinski definition) is 2. The Morgan fingerprint density at radius 1 is 1.38 bits per heavy atom. The van der Waals surface area contributed by atoms with Gasteiger partial charge in [0.05, 0.1) is 0 Å². The number of carbonyl (C=O) groups is 1. The Morgan fingerprint density at radius 3 is 2.69 bits per heavy atom. The molecular weight excluding hydrogens is 228 g/mol. The standard InChI is InChI=1S/C11H15ClN2O2/c12-9-2-4-10(5-3-9)16-8-11(15)14-7-1-6-13/h2-5H,1,6-8,13H2,(H,14,15). The number of benzene rings is 1. The second-order valence-electron chi connectivity index (χ2n) is 3.23. The molecule has 0 saturated carbocycles. The normalized spacial score (nSPS) is 9.88. The van der Waals surface area contributed by atoms with Gasteiger partial charge in [-0.2, -0.15) is 0 Å². The second kappa shape index (κ2) is 7.09. The second-order valence-corrected chi connectivity index (χ2v) is 3.67. The summed E-state index contributed by atoms with van der Waals surface area (Å²) in [5.41, 5.74) is 5.30. The van der Waals surface area contributed by atoms with Crippen LogP contribution in [0.5, 0.6) is 5.75 Å². The molecule has 4 nitrogen and oxygen atoms in total. The molecule has 5 heteroatoms. The first-order valence-corrected chi connectivity index (χ1v) is 5.45. The van der Waals surface area contributed by atoms with Gasteiger partial charge in [-0.15, -0.1) is 0 Å². The minimum Gasteiger partial charge on any atom is -0.484 e. The van der Waals surface area contributed by atoms with Gasteiger partial charge in [0.2, 0.25) is 0 Å². The number of halogens is 1. The van der Waals surface area contributed by atoms with E-state index in [1.54, 1.807) is 24.3 Å². The van der Waals surface area contributed by atoms with Gasteiger partial charge in [0, 0.05) is 11.6 Å². The molecule has 0 atom stereocenters. The van der Waals surface area contributed by atoms with E-state index in [0.717, 1.165) is 6.42 Å². The zero-order valence-electron chi connectivity index (χ0n) is 8.91. The molecule has 0 aliphatic rings. The Bertz CT molecular complexity index is 327. The molecule has 0 unspecified atom stereocenters. The van der Waals surface area contributed by atoms with Crippen LogP contribution in [0.2, 0.25) is 5.02 Å². The lowest BCUT2D eigenvalue weighted by atomic mass is 10.3. The van der Waals surface area contributed by atoms with Crippen LogP contribution < -0.4 is 15.8 Å². The summed E-state index contributed by atoms with van der Waals surface area (Å²) in [6, 6.07) is 6.86. The third kappa shape index (κ3) is 5.00. The van der Waals surface area contributed by atoms with E-state index >= 15 is 0 Å². The van der Waals surface area contributed by atoms with Crippen molar-refractivity contribution in [1.82, 2.24) is 5.32 Å². The molecule has 0 saturated heterocycles. The first-order valence-electron chi connectivity index (χ1n) is 5.07. The lowest BCUT2D eigenvalue weighted by Gasteiger charge is -2.06. The first kappa shape index (κ1) is 12.8. The molecule has 88 valence electrons. The number of hydrogen-bond acceptors (Lipinski definition) is 3. The summed E-state index contributed by atoms with van der Waals surface area (Å²) in [6.07, 6.45) is 0.771. The van der Waals surface area contributed by atoms with Crippen LogP contribution in [0.1, 0.15) is 6.42 Å². The number of ether oxygens (including phenoxy) is 1. The van der Waals surface area contributed by atoms with Crippen molar-refractivity contribution in [3.63, 3.8) is 0 Å². The van der Waals surface area contributed by atoms with Gasteiger partial charge in [-0.3, -0.25) is 4.79 Å². The lowest BCUT2D eigenvalue weighted by Crippen LogP contribution is -2.30. The van der Waals surface area contributed by atoms with Gasteiger partial charge in [-0.1, -0.05) is 11.6 Å². The summed E-state index contributed by atoms with van der Waals surface area (Å²) in [5.74, 6) is 0.474. The highest BCUT2D eigenvalue weighted by Gasteiger charge is 2.01. The molecule has 16 heavy (non-hydrogen) atoms. The van der Waals surface area contributed by atoms with Crippen LogP contribution in [0, 0.1) is 0 Å². The molecular formula is C11H15ClN2O2. The van der Waals surface area contributed by atoms with Crippen LogP contribution in [0.25, 0.3) is 0 Å². The van der Waals surface area contributed by atoms with Crippen molar-refractivity contribution in [1.29, 1.82) is 0 Å². The van der Waals surface area contributed by atoms with Gasteiger partial charge in [-0.05, 0) is 37.2 Å². The largest absolute Gasteiger partial charge is 0.484 e. The van der Waals surface area contributed by atoms with Crippen molar-refractivity contribution in [3.8, 4) is 5.75 Å². The Hall–Kier alpha value is -1.26. The van der Waals surface area contributed by atoms with E-state index in [0.29, 0.717) is 23.9 Å². The molecule has 0 aliphatic heterocycles. The molecule has 0 aromatic heterocycles. The van der Waals surface area contributed by atoms with Gasteiger partial charge >= 0.3 is 0 Å². The number of amides is 1. The highest BCUT2D eigenvalue weighted by Crippen LogP contribution is 2.15. The van der Waals surface area contributed by atoms with Crippen LogP contribution in [0.15, 0.2) is 24.3 Å². The number of rotatable bonds is 6. The van der Waals surface area contributed by atoms with E-state index in [2.05, 4.69) is 5.32 Å². The summed E-state index contributed by atoms with van der Waals surface area (Å²) in [6.45, 7) is 1.16. The van der Waals surface area contributed by atoms with Gasteiger partial charge in [-0.25, -0.2) is 0 Å². The van der Waals surface area contributed by atoms with Crippen molar-refractivity contribution in [3.05, 3.63) is 29.3 Å². The van der Waals surface area contributed by atoms with E-state index in [1.165, 1.54) is 0 Å². The quantitative estimate of drug-likeness (QED) is 0.737. The zero-order valence-corrected chi connectivity index (χ0v) is 9.67. The minimum absolute atomic E-state index is 0.00615. The van der Waals surface area contributed by atoms with Crippen molar-refractivity contribution in [2.75, 3.05) is 19.7 Å². The molecule has 0 aliphatic carbocycles. The highest BCUT2D eigenvalue weighted by molar-refractivity contribution is 6.30. The third-order valence-electron chi connectivity index (χ3n) is 1.89. The third-order valence-corrected chi connectivity index (χ3v) is 2.14. The molecule has 1 rings (SSSR count). The van der Waals surface area contributed by atoms with Crippen molar-refractivity contribution < 1.29 is 9.53 Å². The van der Waals surface area contributed by atoms with Gasteiger partial charge in [0.15, 0.2) is 6.61 Å². The predicted molar refractivity (Wildman–Crippen MR) is 63.6 cm³/mol. The molecule has 0 bridgehead atoms. The Labute approximate surface area is 99.7 Å². The van der Waals surface area contributed by atoms with Crippen LogP contribution in [0.4, 0.5) is 0 Å². The fourth-order valence-corrected chi connectivity index (χ4v) is 1.19. The Morgan fingerprint density at radius 2 is 2.06 bits per heavy atom.